The van der Waals surface area contributed by atoms with Crippen molar-refractivity contribution in [2.45, 2.75) is 24.8 Å². The molecule has 0 unspecified atom stereocenters. The van der Waals surface area contributed by atoms with Crippen LogP contribution >= 0.6 is 0 Å². The standard InChI is InChI=1S/C19H22N4O3S/c1-2-22-27(25,26)16-8-5-7-15(13-16)19(24)20-11-6-12-23-14-21-17-9-3-4-10-18(17)23/h3-5,7-10,13-14,22H,2,6,11-12H2,1H3,(H,20,24). The first-order valence-electron chi connectivity index (χ1n) is 8.79. The molecule has 2 aromatic carbocycles. The molecule has 1 aromatic heterocycles. The van der Waals surface area contributed by atoms with E-state index in [4.69, 9.17) is 0 Å². The largest absolute Gasteiger partial charge is 0.352 e. The molecule has 1 amide bonds. The molecule has 1 heterocycles. The first kappa shape index (κ1) is 19.1. The minimum absolute atomic E-state index is 0.0851. The van der Waals surface area contributed by atoms with Crippen LogP contribution in [0.1, 0.15) is 23.7 Å². The van der Waals surface area contributed by atoms with Gasteiger partial charge < -0.3 is 9.88 Å². The summed E-state index contributed by atoms with van der Waals surface area (Å²) in [6.07, 6.45) is 2.53. The van der Waals surface area contributed by atoms with Crippen LogP contribution in [-0.4, -0.2) is 37.0 Å². The molecule has 8 heteroatoms. The number of benzene rings is 2. The molecule has 0 aliphatic rings. The summed E-state index contributed by atoms with van der Waals surface area (Å²) < 4.78 is 28.6. The maximum absolute atomic E-state index is 12.3. The van der Waals surface area contributed by atoms with Crippen molar-refractivity contribution in [2.75, 3.05) is 13.1 Å². The number of hydrogen-bond acceptors (Lipinski definition) is 4. The number of para-hydroxylation sites is 2. The number of imidazole rings is 1. The zero-order valence-electron chi connectivity index (χ0n) is 15.1. The minimum atomic E-state index is -3.58. The number of sulfonamides is 1. The van der Waals surface area contributed by atoms with Crippen LogP contribution in [0.3, 0.4) is 0 Å². The van der Waals surface area contributed by atoms with Crippen LogP contribution in [0.2, 0.25) is 0 Å². The lowest BCUT2D eigenvalue weighted by Gasteiger charge is -2.09. The molecule has 7 nitrogen and oxygen atoms in total. The fraction of sp³-hybridized carbons (Fsp3) is 0.263. The number of amides is 1. The van der Waals surface area contributed by atoms with Gasteiger partial charge in [0, 0.05) is 25.2 Å². The van der Waals surface area contributed by atoms with Crippen LogP contribution in [0.5, 0.6) is 0 Å². The molecule has 0 bridgehead atoms. The first-order valence-corrected chi connectivity index (χ1v) is 10.3. The maximum atomic E-state index is 12.3. The van der Waals surface area contributed by atoms with Gasteiger partial charge in [-0.05, 0) is 36.8 Å². The summed E-state index contributed by atoms with van der Waals surface area (Å²) in [4.78, 5) is 16.7. The second kappa shape index (κ2) is 8.32. The third-order valence-electron chi connectivity index (χ3n) is 4.13. The van der Waals surface area contributed by atoms with E-state index in [-0.39, 0.29) is 10.8 Å². The number of aromatic nitrogens is 2. The Bertz CT molecular complexity index is 1040. The minimum Gasteiger partial charge on any atom is -0.352 e. The lowest BCUT2D eigenvalue weighted by Crippen LogP contribution is -2.26. The Morgan fingerprint density at radius 1 is 1.15 bits per heavy atom. The summed E-state index contributed by atoms with van der Waals surface area (Å²) in [5, 5.41) is 2.83. The number of carbonyl (C=O) groups excluding carboxylic acids is 1. The van der Waals surface area contributed by atoms with Crippen molar-refractivity contribution in [3.8, 4) is 0 Å². The highest BCUT2D eigenvalue weighted by Crippen LogP contribution is 2.13. The van der Waals surface area contributed by atoms with Crippen molar-refractivity contribution in [1.29, 1.82) is 0 Å². The van der Waals surface area contributed by atoms with Crippen molar-refractivity contribution < 1.29 is 13.2 Å². The van der Waals surface area contributed by atoms with Crippen LogP contribution in [-0.2, 0) is 16.6 Å². The SMILES string of the molecule is CCNS(=O)(=O)c1cccc(C(=O)NCCCn2cnc3ccccc32)c1. The van der Waals surface area contributed by atoms with Crippen LogP contribution in [0.4, 0.5) is 0 Å². The Kier molecular flexibility index (Phi) is 5.88. The van der Waals surface area contributed by atoms with Gasteiger partial charge in [0.1, 0.15) is 0 Å². The Balaban J connectivity index is 1.57. The summed E-state index contributed by atoms with van der Waals surface area (Å²) in [7, 11) is -3.58. The summed E-state index contributed by atoms with van der Waals surface area (Å²) in [6, 6.07) is 13.9. The smallest absolute Gasteiger partial charge is 0.251 e. The monoisotopic (exact) mass is 386 g/mol. The number of nitrogens with zero attached hydrogens (tertiary/aromatic N) is 2. The first-order chi connectivity index (χ1) is 13.0. The van der Waals surface area contributed by atoms with E-state index in [1.54, 1.807) is 25.4 Å². The molecule has 3 aromatic rings. The Morgan fingerprint density at radius 3 is 2.78 bits per heavy atom. The lowest BCUT2D eigenvalue weighted by atomic mass is 10.2. The van der Waals surface area contributed by atoms with E-state index in [9.17, 15) is 13.2 Å². The quantitative estimate of drug-likeness (QED) is 0.580. The Morgan fingerprint density at radius 2 is 1.96 bits per heavy atom. The number of hydrogen-bond donors (Lipinski definition) is 2. The average Bonchev–Trinajstić information content (AvgIpc) is 3.08. The van der Waals surface area contributed by atoms with Crippen LogP contribution in [0, 0.1) is 0 Å². The van der Waals surface area contributed by atoms with Crippen molar-refractivity contribution in [3.63, 3.8) is 0 Å². The van der Waals surface area contributed by atoms with Gasteiger partial charge in [0.25, 0.3) is 5.91 Å². The maximum Gasteiger partial charge on any atom is 0.251 e. The highest BCUT2D eigenvalue weighted by Gasteiger charge is 2.15. The molecule has 0 radical (unpaired) electrons. The van der Waals surface area contributed by atoms with E-state index in [2.05, 4.69) is 15.0 Å². The van der Waals surface area contributed by atoms with Gasteiger partial charge in [0.2, 0.25) is 10.0 Å². The van der Waals surface area contributed by atoms with E-state index < -0.39 is 10.0 Å². The van der Waals surface area contributed by atoms with E-state index >= 15 is 0 Å². The predicted octanol–water partition coefficient (Wildman–Crippen LogP) is 2.15. The highest BCUT2D eigenvalue weighted by molar-refractivity contribution is 7.89. The molecule has 0 aliphatic heterocycles. The van der Waals surface area contributed by atoms with E-state index in [1.807, 2.05) is 28.8 Å². The van der Waals surface area contributed by atoms with Crippen molar-refractivity contribution >= 4 is 27.0 Å². The fourth-order valence-electron chi connectivity index (χ4n) is 2.82. The zero-order chi connectivity index (χ0) is 19.3. The van der Waals surface area contributed by atoms with E-state index in [0.717, 1.165) is 24.0 Å². The Hall–Kier alpha value is -2.71. The summed E-state index contributed by atoms with van der Waals surface area (Å²) in [5.74, 6) is -0.293. The normalized spacial score (nSPS) is 11.6. The Labute approximate surface area is 158 Å². The predicted molar refractivity (Wildman–Crippen MR) is 104 cm³/mol. The molecule has 3 rings (SSSR count). The number of nitrogens with one attached hydrogen (secondary N) is 2. The third-order valence-corrected chi connectivity index (χ3v) is 5.67. The van der Waals surface area contributed by atoms with Gasteiger partial charge in [-0.3, -0.25) is 4.79 Å². The van der Waals surface area contributed by atoms with Crippen molar-refractivity contribution in [3.05, 3.63) is 60.4 Å². The second-order valence-electron chi connectivity index (χ2n) is 6.07. The second-order valence-corrected chi connectivity index (χ2v) is 7.83. The lowest BCUT2D eigenvalue weighted by molar-refractivity contribution is 0.0952. The molecule has 0 fully saturated rings. The molecule has 142 valence electrons. The van der Waals surface area contributed by atoms with Crippen molar-refractivity contribution in [1.82, 2.24) is 19.6 Å². The average molecular weight is 386 g/mol. The third kappa shape index (κ3) is 4.53. The highest BCUT2D eigenvalue weighted by atomic mass is 32.2. The zero-order valence-corrected chi connectivity index (χ0v) is 15.9. The topological polar surface area (TPSA) is 93.1 Å². The molecule has 27 heavy (non-hydrogen) atoms. The molecule has 0 spiro atoms. The van der Waals surface area contributed by atoms with E-state index in [1.165, 1.54) is 12.1 Å². The molecule has 2 N–H and O–H groups in total. The van der Waals surface area contributed by atoms with Crippen LogP contribution in [0.15, 0.2) is 59.8 Å². The molecule has 0 saturated heterocycles. The van der Waals surface area contributed by atoms with Crippen molar-refractivity contribution in [2.24, 2.45) is 0 Å². The van der Waals surface area contributed by atoms with Gasteiger partial charge in [-0.25, -0.2) is 18.1 Å². The fourth-order valence-corrected chi connectivity index (χ4v) is 3.91. The van der Waals surface area contributed by atoms with Gasteiger partial charge in [-0.1, -0.05) is 25.1 Å². The molecular formula is C19H22N4O3S. The van der Waals surface area contributed by atoms with Crippen LogP contribution in [0.25, 0.3) is 11.0 Å². The van der Waals surface area contributed by atoms with E-state index in [0.29, 0.717) is 18.7 Å². The number of carbonyl (C=O) groups is 1. The van der Waals surface area contributed by atoms with Crippen LogP contribution < -0.4 is 10.0 Å². The number of rotatable bonds is 8. The number of fused-ring (bicyclic) bond motifs is 1. The van der Waals surface area contributed by atoms with Gasteiger partial charge in [0.05, 0.1) is 22.3 Å². The summed E-state index contributed by atoms with van der Waals surface area (Å²) >= 11 is 0. The summed E-state index contributed by atoms with van der Waals surface area (Å²) in [6.45, 7) is 3.21. The number of aryl methyl sites for hydroxylation is 1. The van der Waals surface area contributed by atoms with Gasteiger partial charge in [-0.2, -0.15) is 0 Å². The molecule has 0 aliphatic carbocycles. The molecule has 0 atom stereocenters. The summed E-state index contributed by atoms with van der Waals surface area (Å²) in [5.41, 5.74) is 2.33. The molecular weight excluding hydrogens is 364 g/mol. The van der Waals surface area contributed by atoms with Gasteiger partial charge in [0.15, 0.2) is 0 Å². The van der Waals surface area contributed by atoms with Gasteiger partial charge in [-0.15, -0.1) is 0 Å². The van der Waals surface area contributed by atoms with Gasteiger partial charge >= 0.3 is 0 Å². The molecule has 0 saturated carbocycles.